The molecule has 8 nitrogen and oxygen atoms in total. The van der Waals surface area contributed by atoms with Gasteiger partial charge in [0.25, 0.3) is 11.7 Å². The molecule has 43 heavy (non-hydrogen) atoms. The van der Waals surface area contributed by atoms with Crippen molar-refractivity contribution in [2.75, 3.05) is 39.9 Å². The van der Waals surface area contributed by atoms with Crippen LogP contribution in [0.15, 0.2) is 78.4 Å². The summed E-state index contributed by atoms with van der Waals surface area (Å²) in [5, 5.41) is 11.5. The second kappa shape index (κ2) is 15.3. The van der Waals surface area contributed by atoms with Crippen molar-refractivity contribution >= 4 is 17.4 Å². The Morgan fingerprint density at radius 2 is 1.63 bits per heavy atom. The van der Waals surface area contributed by atoms with E-state index in [4.69, 9.17) is 14.2 Å². The molecule has 1 aliphatic heterocycles. The van der Waals surface area contributed by atoms with Crippen LogP contribution >= 0.6 is 0 Å². The van der Waals surface area contributed by atoms with Gasteiger partial charge in [0.1, 0.15) is 18.1 Å². The normalized spacial score (nSPS) is 16.1. The van der Waals surface area contributed by atoms with E-state index >= 15 is 0 Å². The molecule has 0 aromatic heterocycles. The largest absolute Gasteiger partial charge is 0.507 e. The first-order valence-corrected chi connectivity index (χ1v) is 15.0. The third-order valence-electron chi connectivity index (χ3n) is 7.65. The van der Waals surface area contributed by atoms with Crippen LogP contribution in [0.1, 0.15) is 56.3 Å². The molecule has 0 aliphatic carbocycles. The van der Waals surface area contributed by atoms with Gasteiger partial charge in [0.05, 0.1) is 25.3 Å². The van der Waals surface area contributed by atoms with Gasteiger partial charge in [0.15, 0.2) is 11.5 Å². The molecule has 3 aromatic rings. The zero-order valence-corrected chi connectivity index (χ0v) is 25.5. The summed E-state index contributed by atoms with van der Waals surface area (Å²) in [5.41, 5.74) is 2.15. The number of benzene rings is 3. The summed E-state index contributed by atoms with van der Waals surface area (Å²) in [7, 11) is 1.55. The highest BCUT2D eigenvalue weighted by molar-refractivity contribution is 6.46. The fourth-order valence-corrected chi connectivity index (χ4v) is 5.25. The Hall–Kier alpha value is -4.30. The third-order valence-corrected chi connectivity index (χ3v) is 7.65. The van der Waals surface area contributed by atoms with Crippen molar-refractivity contribution in [2.24, 2.45) is 0 Å². The number of nitrogens with zero attached hydrogens (tertiary/aromatic N) is 2. The third kappa shape index (κ3) is 7.56. The lowest BCUT2D eigenvalue weighted by atomic mass is 9.95. The molecule has 8 heteroatoms. The van der Waals surface area contributed by atoms with Crippen LogP contribution < -0.4 is 14.2 Å². The van der Waals surface area contributed by atoms with E-state index in [1.807, 2.05) is 43.3 Å². The summed E-state index contributed by atoms with van der Waals surface area (Å²) < 4.78 is 17.4. The van der Waals surface area contributed by atoms with Gasteiger partial charge in [0.2, 0.25) is 0 Å². The summed E-state index contributed by atoms with van der Waals surface area (Å²) in [6, 6.07) is 21.3. The summed E-state index contributed by atoms with van der Waals surface area (Å²) in [6.45, 7) is 10.1. The van der Waals surface area contributed by atoms with Crippen LogP contribution in [0, 0.1) is 0 Å². The Bertz CT molecular complexity index is 1400. The number of carbonyl (C=O) groups is 2. The van der Waals surface area contributed by atoms with E-state index in [0.29, 0.717) is 54.6 Å². The molecule has 1 N–H and O–H groups in total. The smallest absolute Gasteiger partial charge is 0.295 e. The molecule has 3 aromatic carbocycles. The summed E-state index contributed by atoms with van der Waals surface area (Å²) in [4.78, 5) is 30.8. The molecule has 0 spiro atoms. The van der Waals surface area contributed by atoms with Crippen molar-refractivity contribution in [3.8, 4) is 17.2 Å². The molecule has 0 unspecified atom stereocenters. The Labute approximate surface area is 254 Å². The summed E-state index contributed by atoms with van der Waals surface area (Å²) in [5.74, 6) is 0.121. The molecule has 1 heterocycles. The number of aliphatic hydroxyl groups is 1. The number of hydrogen-bond acceptors (Lipinski definition) is 7. The number of amides is 1. The first kappa shape index (κ1) is 31.6. The second-order valence-corrected chi connectivity index (χ2v) is 10.4. The lowest BCUT2D eigenvalue weighted by Crippen LogP contribution is -2.33. The molecule has 4 rings (SSSR count). The van der Waals surface area contributed by atoms with Crippen molar-refractivity contribution in [3.05, 3.63) is 95.1 Å². The topological polar surface area (TPSA) is 88.5 Å². The van der Waals surface area contributed by atoms with Crippen LogP contribution in [0.25, 0.3) is 5.76 Å². The Balaban J connectivity index is 1.70. The maximum absolute atomic E-state index is 13.5. The van der Waals surface area contributed by atoms with Gasteiger partial charge in [-0.15, -0.1) is 0 Å². The van der Waals surface area contributed by atoms with E-state index in [-0.39, 0.29) is 11.3 Å². The molecule has 1 aliphatic rings. The Morgan fingerprint density at radius 3 is 2.28 bits per heavy atom. The highest BCUT2D eigenvalue weighted by Gasteiger charge is 2.46. The monoisotopic (exact) mass is 586 g/mol. The van der Waals surface area contributed by atoms with Gasteiger partial charge in [0, 0.05) is 12.1 Å². The SMILES string of the molecule is CCCOc1ccc(C(O)=C2C(=O)C(=O)N(CCCN(CC)CC)[C@@H]2c2ccc(OCc3ccccc3)c(OC)c2)cc1. The van der Waals surface area contributed by atoms with Gasteiger partial charge in [-0.05, 0) is 80.0 Å². The van der Waals surface area contributed by atoms with E-state index in [1.165, 1.54) is 0 Å². The molecular weight excluding hydrogens is 544 g/mol. The number of Topliss-reactive ketones (excluding diaryl/α,β-unsaturated/α-hetero) is 1. The van der Waals surface area contributed by atoms with E-state index in [1.54, 1.807) is 48.4 Å². The minimum Gasteiger partial charge on any atom is -0.507 e. The van der Waals surface area contributed by atoms with Crippen molar-refractivity contribution in [3.63, 3.8) is 0 Å². The average Bonchev–Trinajstić information content (AvgIpc) is 3.30. The van der Waals surface area contributed by atoms with Crippen molar-refractivity contribution < 1.29 is 28.9 Å². The minimum absolute atomic E-state index is 0.0510. The van der Waals surface area contributed by atoms with Crippen LogP contribution in [0.4, 0.5) is 0 Å². The van der Waals surface area contributed by atoms with Crippen LogP contribution in [-0.4, -0.2) is 66.5 Å². The van der Waals surface area contributed by atoms with Crippen LogP contribution in [0.5, 0.6) is 17.2 Å². The number of carbonyl (C=O) groups excluding carboxylic acids is 2. The lowest BCUT2D eigenvalue weighted by molar-refractivity contribution is -0.140. The van der Waals surface area contributed by atoms with Crippen LogP contribution in [0.2, 0.25) is 0 Å². The maximum Gasteiger partial charge on any atom is 0.295 e. The highest BCUT2D eigenvalue weighted by Crippen LogP contribution is 2.42. The molecule has 0 saturated carbocycles. The van der Waals surface area contributed by atoms with Crippen LogP contribution in [0.3, 0.4) is 0 Å². The van der Waals surface area contributed by atoms with Crippen molar-refractivity contribution in [1.29, 1.82) is 0 Å². The van der Waals surface area contributed by atoms with E-state index in [0.717, 1.165) is 31.6 Å². The van der Waals surface area contributed by atoms with Gasteiger partial charge < -0.3 is 29.1 Å². The van der Waals surface area contributed by atoms with Gasteiger partial charge in [-0.2, -0.15) is 0 Å². The molecule has 0 radical (unpaired) electrons. The second-order valence-electron chi connectivity index (χ2n) is 10.4. The first-order valence-electron chi connectivity index (χ1n) is 15.0. The summed E-state index contributed by atoms with van der Waals surface area (Å²) >= 11 is 0. The minimum atomic E-state index is -0.787. The fraction of sp³-hybridized carbons (Fsp3) is 0.371. The molecular formula is C35H42N2O6. The van der Waals surface area contributed by atoms with Gasteiger partial charge in [-0.3, -0.25) is 9.59 Å². The number of likely N-dealkylation sites (tertiary alicyclic amines) is 1. The molecule has 1 saturated heterocycles. The van der Waals surface area contributed by atoms with E-state index in [9.17, 15) is 14.7 Å². The zero-order valence-electron chi connectivity index (χ0n) is 25.5. The lowest BCUT2D eigenvalue weighted by Gasteiger charge is -2.27. The van der Waals surface area contributed by atoms with Gasteiger partial charge in [-0.25, -0.2) is 0 Å². The summed E-state index contributed by atoms with van der Waals surface area (Å²) in [6.07, 6.45) is 1.56. The Morgan fingerprint density at radius 1 is 0.907 bits per heavy atom. The predicted molar refractivity (Wildman–Crippen MR) is 167 cm³/mol. The predicted octanol–water partition coefficient (Wildman–Crippen LogP) is 6.22. The van der Waals surface area contributed by atoms with Crippen molar-refractivity contribution in [1.82, 2.24) is 9.80 Å². The quantitative estimate of drug-likeness (QED) is 0.129. The Kier molecular flexibility index (Phi) is 11.2. The first-order chi connectivity index (χ1) is 20.9. The molecule has 1 amide bonds. The number of methoxy groups -OCH3 is 1. The zero-order chi connectivity index (χ0) is 30.8. The molecule has 1 atom stereocenters. The van der Waals surface area contributed by atoms with Crippen LogP contribution in [-0.2, 0) is 16.2 Å². The number of hydrogen-bond donors (Lipinski definition) is 1. The van der Waals surface area contributed by atoms with E-state index in [2.05, 4.69) is 18.7 Å². The van der Waals surface area contributed by atoms with Gasteiger partial charge >= 0.3 is 0 Å². The average molecular weight is 587 g/mol. The number of aliphatic hydroxyl groups excluding tert-OH is 1. The number of rotatable bonds is 15. The molecule has 0 bridgehead atoms. The standard InChI is InChI=1S/C35H42N2O6/c1-5-22-42-28-17-14-26(15-18-28)33(38)31-32(37(35(40)34(31)39)21-11-20-36(6-2)7-3)27-16-19-29(30(23-27)41-4)43-24-25-12-9-8-10-13-25/h8-10,12-19,23,32,38H,5-7,11,20-22,24H2,1-4H3/t32-/m1/s1. The molecule has 1 fully saturated rings. The fourth-order valence-electron chi connectivity index (χ4n) is 5.25. The highest BCUT2D eigenvalue weighted by atomic mass is 16.5. The van der Waals surface area contributed by atoms with Crippen molar-refractivity contribution in [2.45, 2.75) is 46.3 Å². The van der Waals surface area contributed by atoms with Gasteiger partial charge in [-0.1, -0.05) is 57.2 Å². The maximum atomic E-state index is 13.5. The number of ketones is 1. The van der Waals surface area contributed by atoms with E-state index < -0.39 is 17.7 Å². The molecule has 228 valence electrons. The number of ether oxygens (including phenoxy) is 3.